The Labute approximate surface area is 118 Å². The number of hydrogen-bond donors (Lipinski definition) is 4. The average Bonchev–Trinajstić information content (AvgIpc) is 2.56. The van der Waals surface area contributed by atoms with Crippen LogP contribution in [-0.4, -0.2) is 49.3 Å². The topological polar surface area (TPSA) is 90.6 Å². The van der Waals surface area contributed by atoms with Gasteiger partial charge in [0.15, 0.2) is 16.8 Å². The number of aliphatic hydroxyl groups excluding tert-OH is 2. The molecule has 106 valence electrons. The molecule has 1 aliphatic heterocycles. The first kappa shape index (κ1) is 14.7. The number of aromatic nitrogens is 2. The van der Waals surface area contributed by atoms with Gasteiger partial charge in [-0.25, -0.2) is 4.39 Å². The highest BCUT2D eigenvalue weighted by atomic mass is 32.1. The molecule has 1 unspecified atom stereocenters. The van der Waals surface area contributed by atoms with Gasteiger partial charge < -0.3 is 25.0 Å². The van der Waals surface area contributed by atoms with Crippen LogP contribution in [0.25, 0.3) is 0 Å². The number of rotatable bonds is 2. The molecule has 2 rings (SSSR count). The summed E-state index contributed by atoms with van der Waals surface area (Å²) in [4.78, 5) is 2.45. The summed E-state index contributed by atoms with van der Waals surface area (Å²) in [5.74, 6) is -0.732. The number of aromatic amines is 1. The van der Waals surface area contributed by atoms with Crippen molar-refractivity contribution < 1.29 is 24.4 Å². The molecule has 0 amide bonds. The van der Waals surface area contributed by atoms with Crippen molar-refractivity contribution in [1.29, 1.82) is 0 Å². The maximum atomic E-state index is 13.5. The first-order valence-corrected chi connectivity index (χ1v) is 6.28. The number of H-pyrrole nitrogens is 1. The summed E-state index contributed by atoms with van der Waals surface area (Å²) < 4.78 is 19.8. The first-order chi connectivity index (χ1) is 8.78. The lowest BCUT2D eigenvalue weighted by Gasteiger charge is -2.28. The smallest absolute Gasteiger partial charge is 0.180 e. The van der Waals surface area contributed by atoms with Gasteiger partial charge in [-0.2, -0.15) is 0 Å². The largest absolute Gasteiger partial charge is 0.394 e. The van der Waals surface area contributed by atoms with Crippen LogP contribution in [0.3, 0.4) is 0 Å². The number of halogens is 1. The molecule has 9 heteroatoms. The molecule has 1 fully saturated rings. The molecule has 2 heterocycles. The van der Waals surface area contributed by atoms with E-state index in [9.17, 15) is 14.6 Å². The molecule has 4 atom stereocenters. The van der Waals surface area contributed by atoms with E-state index in [2.05, 4.69) is 4.98 Å². The Morgan fingerprint density at radius 2 is 2.21 bits per heavy atom. The molecule has 0 aromatic carbocycles. The van der Waals surface area contributed by atoms with E-state index in [1.54, 1.807) is 0 Å². The monoisotopic (exact) mass is 308 g/mol. The fourth-order valence-corrected chi connectivity index (χ4v) is 2.49. The molecule has 1 aromatic rings. The third-order valence-corrected chi connectivity index (χ3v) is 3.72. The molecule has 0 saturated carbocycles. The van der Waals surface area contributed by atoms with Gasteiger partial charge in [-0.1, -0.05) is 12.2 Å². The normalized spacial score (nSPS) is 34.7. The number of nitrogens with one attached hydrogen (secondary N) is 1. The van der Waals surface area contributed by atoms with Crippen LogP contribution >= 0.6 is 24.4 Å². The van der Waals surface area contributed by atoms with Gasteiger partial charge in [0.1, 0.15) is 22.4 Å². The van der Waals surface area contributed by atoms with Crippen LogP contribution in [0.15, 0.2) is 6.20 Å². The highest BCUT2D eigenvalue weighted by Gasteiger charge is 2.52. The summed E-state index contributed by atoms with van der Waals surface area (Å²) >= 11 is 9.69. The summed E-state index contributed by atoms with van der Waals surface area (Å²) in [7, 11) is 0. The number of aliphatic hydroxyl groups is 3. The van der Waals surface area contributed by atoms with Gasteiger partial charge in [0, 0.05) is 6.20 Å². The highest BCUT2D eigenvalue weighted by Crippen LogP contribution is 2.38. The van der Waals surface area contributed by atoms with Crippen LogP contribution < -0.4 is 0 Å². The Morgan fingerprint density at radius 3 is 2.74 bits per heavy atom. The van der Waals surface area contributed by atoms with Gasteiger partial charge in [0.25, 0.3) is 0 Å². The zero-order chi connectivity index (χ0) is 14.4. The number of hydrogen-bond acceptors (Lipinski definition) is 6. The minimum Gasteiger partial charge on any atom is -0.394 e. The van der Waals surface area contributed by atoms with Crippen LogP contribution in [0, 0.1) is 15.2 Å². The lowest BCUT2D eigenvalue weighted by molar-refractivity contribution is -0.0982. The van der Waals surface area contributed by atoms with Crippen molar-refractivity contribution in [2.75, 3.05) is 6.61 Å². The molecule has 0 bridgehead atoms. The predicted octanol–water partition coefficient (Wildman–Crippen LogP) is 0.416. The van der Waals surface area contributed by atoms with Crippen LogP contribution in [-0.2, 0) is 4.74 Å². The minimum absolute atomic E-state index is 0.0439. The second-order valence-electron chi connectivity index (χ2n) is 4.52. The molecule has 1 aromatic heterocycles. The van der Waals surface area contributed by atoms with Crippen LogP contribution in [0.2, 0.25) is 0 Å². The van der Waals surface area contributed by atoms with E-state index in [4.69, 9.17) is 34.3 Å². The van der Waals surface area contributed by atoms with E-state index < -0.39 is 36.5 Å². The molecule has 0 aliphatic carbocycles. The minimum atomic E-state index is -1.73. The molecule has 1 saturated heterocycles. The Kier molecular flexibility index (Phi) is 3.87. The molecule has 6 nitrogen and oxygen atoms in total. The van der Waals surface area contributed by atoms with E-state index in [0.29, 0.717) is 0 Å². The van der Waals surface area contributed by atoms with Crippen molar-refractivity contribution >= 4 is 24.4 Å². The van der Waals surface area contributed by atoms with E-state index in [1.165, 1.54) is 6.92 Å². The van der Waals surface area contributed by atoms with Crippen molar-refractivity contribution in [1.82, 2.24) is 9.55 Å². The van der Waals surface area contributed by atoms with Crippen molar-refractivity contribution in [3.63, 3.8) is 0 Å². The second-order valence-corrected chi connectivity index (χ2v) is 5.32. The van der Waals surface area contributed by atoms with E-state index in [1.807, 2.05) is 0 Å². The van der Waals surface area contributed by atoms with Gasteiger partial charge >= 0.3 is 0 Å². The summed E-state index contributed by atoms with van der Waals surface area (Å²) in [6.45, 7) is 0.839. The molecule has 19 heavy (non-hydrogen) atoms. The molecule has 0 spiro atoms. The lowest BCUT2D eigenvalue weighted by Crippen LogP contribution is -2.44. The fraction of sp³-hybridized carbons (Fsp3) is 0.600. The standard InChI is InChI=1S/C10H13FN2O4S2/c1-10(16)6(15)5(3-14)17-8(10)13-2-4(11)7(18)12-9(13)19/h2,5-6,8,14-16H,3H2,1H3,(H,12,18,19)/t5-,6?,8-,10-/m1/s1. The maximum absolute atomic E-state index is 13.5. The lowest BCUT2D eigenvalue weighted by atomic mass is 9.96. The van der Waals surface area contributed by atoms with Crippen molar-refractivity contribution in [2.24, 2.45) is 0 Å². The molecule has 0 radical (unpaired) electrons. The fourth-order valence-electron chi connectivity index (χ4n) is 2.03. The van der Waals surface area contributed by atoms with Crippen LogP contribution in [0.4, 0.5) is 4.39 Å². The SMILES string of the molecule is C[C@@]1(O)C(O)[C@@H](CO)O[C@H]1n1cc(F)c(=S)[nH]c1=S. The van der Waals surface area contributed by atoms with E-state index >= 15 is 0 Å². The van der Waals surface area contributed by atoms with E-state index in [-0.39, 0.29) is 9.41 Å². The summed E-state index contributed by atoms with van der Waals surface area (Å²) in [6, 6.07) is 0. The van der Waals surface area contributed by atoms with Gasteiger partial charge in [-0.05, 0) is 19.1 Å². The van der Waals surface area contributed by atoms with Gasteiger partial charge in [0.2, 0.25) is 0 Å². The summed E-state index contributed by atoms with van der Waals surface area (Å²) in [6.07, 6.45) is -2.44. The molecular weight excluding hydrogens is 295 g/mol. The maximum Gasteiger partial charge on any atom is 0.180 e. The van der Waals surface area contributed by atoms with E-state index in [0.717, 1.165) is 10.8 Å². The number of nitrogens with zero attached hydrogens (tertiary/aromatic N) is 1. The van der Waals surface area contributed by atoms with Gasteiger partial charge in [-0.15, -0.1) is 0 Å². The molecule has 4 N–H and O–H groups in total. The average molecular weight is 308 g/mol. The van der Waals surface area contributed by atoms with Gasteiger partial charge in [-0.3, -0.25) is 4.57 Å². The van der Waals surface area contributed by atoms with Gasteiger partial charge in [0.05, 0.1) is 6.61 Å². The quantitative estimate of drug-likeness (QED) is 0.592. The zero-order valence-corrected chi connectivity index (χ0v) is 11.5. The predicted molar refractivity (Wildman–Crippen MR) is 68.0 cm³/mol. The second kappa shape index (κ2) is 5.00. The third kappa shape index (κ3) is 2.37. The summed E-state index contributed by atoms with van der Waals surface area (Å²) in [5, 5.41) is 29.2. The third-order valence-electron chi connectivity index (χ3n) is 3.11. The Morgan fingerprint density at radius 1 is 1.58 bits per heavy atom. The zero-order valence-electron chi connectivity index (χ0n) is 9.91. The Hall–Kier alpha value is -0.710. The van der Waals surface area contributed by atoms with Crippen molar-refractivity contribution in [2.45, 2.75) is 31.0 Å². The molecular formula is C10H13FN2O4S2. The van der Waals surface area contributed by atoms with Crippen LogP contribution in [0.1, 0.15) is 13.2 Å². The molecule has 1 aliphatic rings. The Bertz CT molecular complexity index is 600. The number of ether oxygens (including phenoxy) is 1. The van der Waals surface area contributed by atoms with Crippen molar-refractivity contribution in [3.05, 3.63) is 21.4 Å². The summed E-state index contributed by atoms with van der Waals surface area (Å²) in [5.41, 5.74) is -1.73. The van der Waals surface area contributed by atoms with Crippen molar-refractivity contribution in [3.8, 4) is 0 Å². The highest BCUT2D eigenvalue weighted by molar-refractivity contribution is 7.72. The Balaban J connectivity index is 2.51. The van der Waals surface area contributed by atoms with Crippen LogP contribution in [0.5, 0.6) is 0 Å². The first-order valence-electron chi connectivity index (χ1n) is 5.46.